The van der Waals surface area contributed by atoms with Gasteiger partial charge in [0.25, 0.3) is 30.4 Å². The number of nitrogens with zero attached hydrogens (tertiary/aromatic N) is 4. The van der Waals surface area contributed by atoms with Crippen molar-refractivity contribution < 1.29 is 68.9 Å². The molecule has 0 heterocycles. The van der Waals surface area contributed by atoms with Gasteiger partial charge in [0.15, 0.2) is 17.2 Å². The highest BCUT2D eigenvalue weighted by atomic mass is 35.5. The molecule has 6 aromatic carbocycles. The summed E-state index contributed by atoms with van der Waals surface area (Å²) >= 11 is 5.80. The Bertz CT molecular complexity index is 3200. The Balaban J connectivity index is 1.29. The minimum Gasteiger partial charge on any atom is -0.505 e. The monoisotopic (exact) mass is 886 g/mol. The van der Waals surface area contributed by atoms with Gasteiger partial charge in [-0.25, -0.2) is 9.59 Å². The molecule has 0 fully saturated rings. The van der Waals surface area contributed by atoms with E-state index in [4.69, 9.17) is 11.6 Å². The van der Waals surface area contributed by atoms with Crippen molar-refractivity contribution in [1.82, 2.24) is 0 Å². The molecule has 59 heavy (non-hydrogen) atoms. The molecule has 6 rings (SSSR count). The van der Waals surface area contributed by atoms with Gasteiger partial charge < -0.3 is 31.1 Å². The highest BCUT2D eigenvalue weighted by molar-refractivity contribution is 7.86. The predicted octanol–water partition coefficient (Wildman–Crippen LogP) is 7.68. The highest BCUT2D eigenvalue weighted by Gasteiger charge is 2.25. The third-order valence-electron chi connectivity index (χ3n) is 8.14. The molecule has 304 valence electrons. The molecule has 6 aromatic rings. The molecule has 2 amide bonds. The lowest BCUT2D eigenvalue weighted by molar-refractivity contribution is 0.0697. The van der Waals surface area contributed by atoms with Crippen LogP contribution < -0.4 is 10.6 Å². The number of halogens is 1. The molecular formula is C34H23ClN6O15S3. The number of urea groups is 1. The number of phenolic OH excluding ortho intramolecular Hbond substituents is 3. The quantitative estimate of drug-likeness (QED) is 0.0470. The lowest BCUT2D eigenvalue weighted by atomic mass is 10.1. The Morgan fingerprint density at radius 1 is 0.559 bits per heavy atom. The van der Waals surface area contributed by atoms with Crippen LogP contribution in [0.5, 0.6) is 17.2 Å². The van der Waals surface area contributed by atoms with Gasteiger partial charge in [0.2, 0.25) is 0 Å². The van der Waals surface area contributed by atoms with Gasteiger partial charge in [-0.05, 0) is 83.6 Å². The van der Waals surface area contributed by atoms with Crippen molar-refractivity contribution in [3.05, 3.63) is 95.5 Å². The van der Waals surface area contributed by atoms with Gasteiger partial charge in [0, 0.05) is 22.1 Å². The summed E-state index contributed by atoms with van der Waals surface area (Å²) in [6.45, 7) is 0. The molecule has 0 aliphatic carbocycles. The van der Waals surface area contributed by atoms with Gasteiger partial charge in [-0.1, -0.05) is 23.7 Å². The fraction of sp³-hybridized carbons (Fsp3) is 0. The number of carbonyl (C=O) groups is 2. The zero-order valence-corrected chi connectivity index (χ0v) is 32.1. The van der Waals surface area contributed by atoms with E-state index in [1.165, 1.54) is 60.7 Å². The molecular weight excluding hydrogens is 864 g/mol. The summed E-state index contributed by atoms with van der Waals surface area (Å²) < 4.78 is 102. The van der Waals surface area contributed by atoms with E-state index < -0.39 is 96.4 Å². The van der Waals surface area contributed by atoms with Crippen LogP contribution in [0.3, 0.4) is 0 Å². The number of carbonyl (C=O) groups excluding carboxylic acids is 1. The maximum atomic E-state index is 13.0. The fourth-order valence-electron chi connectivity index (χ4n) is 5.47. The van der Waals surface area contributed by atoms with E-state index in [0.717, 1.165) is 12.1 Å². The Hall–Kier alpha value is -6.80. The second-order valence-corrected chi connectivity index (χ2v) is 16.6. The van der Waals surface area contributed by atoms with Crippen LogP contribution in [0.25, 0.3) is 21.5 Å². The van der Waals surface area contributed by atoms with Gasteiger partial charge in [-0.2, -0.15) is 25.3 Å². The van der Waals surface area contributed by atoms with E-state index in [2.05, 4.69) is 31.1 Å². The standard InChI is InChI=1S/C34H23ClN6O15S3/c35-23-13-19(57(48,49)50)14-25(32(23)44)39-41-29-27(59(54,55)56)12-16-10-18(6-8-21(16)31(29)43)37-34(47)36-17-5-7-20-15(9-17)11-26(58(51,52)53)28(30(20)42)40-38-24-4-2-1-3-22(24)33(45)46/h1-14,42-44H,(H,45,46)(H2,36,37,47)(H,48,49,50)(H,51,52,53)(H,54,55,56). The van der Waals surface area contributed by atoms with E-state index in [-0.39, 0.29) is 44.2 Å². The van der Waals surface area contributed by atoms with Gasteiger partial charge in [-0.3, -0.25) is 13.7 Å². The van der Waals surface area contributed by atoms with E-state index in [0.29, 0.717) is 12.1 Å². The predicted molar refractivity (Wildman–Crippen MR) is 208 cm³/mol. The number of rotatable bonds is 10. The Morgan fingerprint density at radius 3 is 1.49 bits per heavy atom. The summed E-state index contributed by atoms with van der Waals surface area (Å²) in [7, 11) is -15.1. The van der Waals surface area contributed by atoms with E-state index in [9.17, 15) is 68.9 Å². The molecule has 21 nitrogen and oxygen atoms in total. The van der Waals surface area contributed by atoms with Crippen molar-refractivity contribution >= 4 is 110 Å². The number of phenols is 3. The maximum Gasteiger partial charge on any atom is 0.337 e. The van der Waals surface area contributed by atoms with Gasteiger partial charge in [0.05, 0.1) is 15.5 Å². The molecule has 0 aliphatic heterocycles. The number of fused-ring (bicyclic) bond motifs is 2. The number of anilines is 2. The van der Waals surface area contributed by atoms with Crippen LogP contribution in [-0.2, 0) is 30.4 Å². The number of aromatic carboxylic acids is 1. The number of carboxylic acids is 1. The van der Waals surface area contributed by atoms with Gasteiger partial charge in [0.1, 0.15) is 32.5 Å². The number of hydrogen-bond acceptors (Lipinski definition) is 15. The van der Waals surface area contributed by atoms with Crippen molar-refractivity contribution in [3.8, 4) is 17.2 Å². The Morgan fingerprint density at radius 2 is 1.03 bits per heavy atom. The van der Waals surface area contributed by atoms with E-state index in [1.54, 1.807) is 0 Å². The van der Waals surface area contributed by atoms with Crippen molar-refractivity contribution in [2.45, 2.75) is 14.7 Å². The molecule has 0 aromatic heterocycles. The maximum absolute atomic E-state index is 13.0. The summed E-state index contributed by atoms with van der Waals surface area (Å²) in [5.41, 5.74) is -2.68. The summed E-state index contributed by atoms with van der Waals surface area (Å²) in [5.74, 6) is -3.82. The first-order chi connectivity index (χ1) is 27.5. The topological polar surface area (TPSA) is 352 Å². The van der Waals surface area contributed by atoms with Crippen molar-refractivity contribution in [3.63, 3.8) is 0 Å². The van der Waals surface area contributed by atoms with E-state index >= 15 is 0 Å². The largest absolute Gasteiger partial charge is 0.505 e. The molecule has 0 aliphatic rings. The number of azo groups is 2. The summed E-state index contributed by atoms with van der Waals surface area (Å²) in [6.07, 6.45) is 0. The minimum atomic E-state index is -5.18. The first-order valence-electron chi connectivity index (χ1n) is 15.8. The molecule has 25 heteroatoms. The first-order valence-corrected chi connectivity index (χ1v) is 20.5. The fourth-order valence-corrected chi connectivity index (χ4v) is 7.60. The summed E-state index contributed by atoms with van der Waals surface area (Å²) in [6, 6.07) is 15.0. The van der Waals surface area contributed by atoms with Crippen LogP contribution in [0.4, 0.5) is 38.9 Å². The van der Waals surface area contributed by atoms with Gasteiger partial charge in [-0.15, -0.1) is 20.5 Å². The van der Waals surface area contributed by atoms with Crippen molar-refractivity contribution in [2.24, 2.45) is 20.5 Å². The number of nitrogens with one attached hydrogen (secondary N) is 2. The zero-order valence-electron chi connectivity index (χ0n) is 28.9. The smallest absolute Gasteiger partial charge is 0.337 e. The third-order valence-corrected chi connectivity index (χ3v) is 11.0. The molecule has 0 saturated carbocycles. The van der Waals surface area contributed by atoms with E-state index in [1.807, 2.05) is 0 Å². The Kier molecular flexibility index (Phi) is 11.0. The molecule has 0 bridgehead atoms. The number of carboxylic acid groups (broad SMARTS) is 1. The molecule has 0 spiro atoms. The van der Waals surface area contributed by atoms with Crippen LogP contribution in [0, 0.1) is 0 Å². The minimum absolute atomic E-state index is 0.00164. The zero-order chi connectivity index (χ0) is 43.2. The van der Waals surface area contributed by atoms with Crippen molar-refractivity contribution in [2.75, 3.05) is 10.6 Å². The molecule has 9 N–H and O–H groups in total. The lowest BCUT2D eigenvalue weighted by Gasteiger charge is -2.13. The number of hydrogen-bond donors (Lipinski definition) is 9. The molecule has 0 radical (unpaired) electrons. The molecule has 0 unspecified atom stereocenters. The average Bonchev–Trinajstić information content (AvgIpc) is 3.14. The summed E-state index contributed by atoms with van der Waals surface area (Å²) in [5, 5.41) is 60.3. The van der Waals surface area contributed by atoms with Crippen LogP contribution >= 0.6 is 11.6 Å². The first kappa shape index (κ1) is 41.8. The third kappa shape index (κ3) is 8.87. The SMILES string of the molecule is O=C(Nc1ccc2c(O)c(N=Nc3ccccc3C(=O)O)c(S(=O)(=O)O)cc2c1)Nc1ccc2c(O)c(N=Nc3cc(S(=O)(=O)O)cc(Cl)c3O)c(S(=O)(=O)O)cc2c1. The second-order valence-electron chi connectivity index (χ2n) is 12.0. The number of amides is 2. The number of benzene rings is 6. The number of aromatic hydroxyl groups is 3. The Labute approximate surface area is 335 Å². The molecule has 0 atom stereocenters. The lowest BCUT2D eigenvalue weighted by Crippen LogP contribution is -2.19. The summed E-state index contributed by atoms with van der Waals surface area (Å²) in [4.78, 5) is 21.9. The normalized spacial score (nSPS) is 12.4. The average molecular weight is 887 g/mol. The van der Waals surface area contributed by atoms with Crippen LogP contribution in [0.15, 0.2) is 120 Å². The van der Waals surface area contributed by atoms with Crippen LogP contribution in [-0.4, -0.2) is 71.3 Å². The second kappa shape index (κ2) is 15.5. The highest BCUT2D eigenvalue weighted by Crippen LogP contribution is 2.45. The van der Waals surface area contributed by atoms with Crippen molar-refractivity contribution in [1.29, 1.82) is 0 Å². The van der Waals surface area contributed by atoms with Crippen LogP contribution in [0.1, 0.15) is 10.4 Å². The van der Waals surface area contributed by atoms with Crippen LogP contribution in [0.2, 0.25) is 5.02 Å². The molecule has 0 saturated heterocycles. The van der Waals surface area contributed by atoms with Gasteiger partial charge >= 0.3 is 12.0 Å².